The lowest BCUT2D eigenvalue weighted by Gasteiger charge is -2.15. The molecule has 19 heavy (non-hydrogen) atoms. The number of rotatable bonds is 1. The summed E-state index contributed by atoms with van der Waals surface area (Å²) in [5.74, 6) is 0. The minimum absolute atomic E-state index is 0.168. The average molecular weight is 328 g/mol. The summed E-state index contributed by atoms with van der Waals surface area (Å²) in [5.41, 5.74) is -6.58. The summed E-state index contributed by atoms with van der Waals surface area (Å²) in [5, 5.41) is 7.97. The Kier molecular flexibility index (Phi) is 3.93. The topological polar surface area (TPSA) is 43.1 Å². The summed E-state index contributed by atoms with van der Waals surface area (Å²) in [6.45, 7) is 0. The first-order valence-electron chi connectivity index (χ1n) is 4.18. The number of halogens is 8. The van der Waals surface area contributed by atoms with Gasteiger partial charge in [-0.2, -0.15) is 26.3 Å². The minimum Gasteiger partial charge on any atom is -0.258 e. The molecular formula is C8HCl2F6NO2. The molecule has 0 saturated carbocycles. The molecule has 0 aromatic heterocycles. The first-order chi connectivity index (χ1) is 8.37. The Balaban J connectivity index is 3.91. The predicted octanol–water partition coefficient (Wildman–Crippen LogP) is 4.94. The first-order valence-corrected chi connectivity index (χ1v) is 4.93. The summed E-state index contributed by atoms with van der Waals surface area (Å²) in [6.07, 6.45) is -10.9. The van der Waals surface area contributed by atoms with Crippen LogP contribution in [-0.2, 0) is 12.4 Å². The van der Waals surface area contributed by atoms with Crippen molar-refractivity contribution in [1.29, 1.82) is 0 Å². The molecule has 1 aromatic carbocycles. The van der Waals surface area contributed by atoms with Gasteiger partial charge in [0.05, 0.1) is 15.0 Å². The van der Waals surface area contributed by atoms with Crippen LogP contribution >= 0.6 is 23.2 Å². The van der Waals surface area contributed by atoms with Crippen LogP contribution in [0.5, 0.6) is 0 Å². The molecule has 0 aliphatic heterocycles. The molecule has 11 heteroatoms. The highest BCUT2D eigenvalue weighted by Crippen LogP contribution is 2.49. The summed E-state index contributed by atoms with van der Waals surface area (Å²) in [4.78, 5) is 8.71. The van der Waals surface area contributed by atoms with E-state index in [4.69, 9.17) is 23.2 Å². The van der Waals surface area contributed by atoms with Crippen molar-refractivity contribution in [2.45, 2.75) is 12.4 Å². The van der Waals surface area contributed by atoms with E-state index in [0.717, 1.165) is 0 Å². The smallest absolute Gasteiger partial charge is 0.258 e. The fraction of sp³-hybridized carbons (Fsp3) is 0.250. The van der Waals surface area contributed by atoms with Crippen LogP contribution in [0.1, 0.15) is 11.1 Å². The molecule has 0 heterocycles. The Morgan fingerprint density at radius 1 is 0.947 bits per heavy atom. The van der Waals surface area contributed by atoms with Crippen LogP contribution < -0.4 is 0 Å². The van der Waals surface area contributed by atoms with E-state index in [1.165, 1.54) is 0 Å². The van der Waals surface area contributed by atoms with Gasteiger partial charge in [-0.3, -0.25) is 10.1 Å². The van der Waals surface area contributed by atoms with Gasteiger partial charge in [0.15, 0.2) is 11.1 Å². The lowest BCUT2D eigenvalue weighted by molar-refractivity contribution is -0.391. The Labute approximate surface area is 110 Å². The molecule has 3 nitrogen and oxygen atoms in total. The van der Waals surface area contributed by atoms with Gasteiger partial charge in [-0.15, -0.1) is 0 Å². The molecule has 1 aromatic rings. The molecule has 0 aliphatic carbocycles. The standard InChI is InChI=1S/C8HCl2F6NO2/c9-2-1-3(10)5(8(14,15)16)6(17(18)19)4(2)7(11,12)13/h1H. The van der Waals surface area contributed by atoms with Gasteiger partial charge < -0.3 is 0 Å². The predicted molar refractivity (Wildman–Crippen MR) is 53.1 cm³/mol. The molecule has 0 spiro atoms. The van der Waals surface area contributed by atoms with Crippen LogP contribution in [0.2, 0.25) is 10.0 Å². The molecule has 0 unspecified atom stereocenters. The van der Waals surface area contributed by atoms with Gasteiger partial charge in [0, 0.05) is 0 Å². The normalized spacial score (nSPS) is 12.6. The number of hydrogen-bond donors (Lipinski definition) is 0. The maximum atomic E-state index is 12.6. The van der Waals surface area contributed by atoms with Gasteiger partial charge in [0.2, 0.25) is 0 Å². The van der Waals surface area contributed by atoms with Crippen molar-refractivity contribution in [2.75, 3.05) is 0 Å². The number of hydrogen-bond acceptors (Lipinski definition) is 2. The number of benzene rings is 1. The van der Waals surface area contributed by atoms with Crippen LogP contribution in [0.25, 0.3) is 0 Å². The highest BCUT2D eigenvalue weighted by Gasteiger charge is 2.49. The van der Waals surface area contributed by atoms with Gasteiger partial charge in [-0.1, -0.05) is 23.2 Å². The lowest BCUT2D eigenvalue weighted by Crippen LogP contribution is -2.17. The van der Waals surface area contributed by atoms with E-state index in [1.54, 1.807) is 0 Å². The number of nitro groups is 1. The molecule has 0 amide bonds. The summed E-state index contributed by atoms with van der Waals surface area (Å²) < 4.78 is 75.4. The van der Waals surface area contributed by atoms with Crippen molar-refractivity contribution in [2.24, 2.45) is 0 Å². The molecule has 0 radical (unpaired) electrons. The van der Waals surface area contributed by atoms with E-state index in [-0.39, 0.29) is 6.07 Å². The van der Waals surface area contributed by atoms with Crippen molar-refractivity contribution in [3.05, 3.63) is 37.4 Å². The second kappa shape index (κ2) is 4.71. The third-order valence-corrected chi connectivity index (χ3v) is 2.55. The van der Waals surface area contributed by atoms with Gasteiger partial charge in [-0.05, 0) is 6.07 Å². The molecule has 0 saturated heterocycles. The van der Waals surface area contributed by atoms with Crippen molar-refractivity contribution in [3.63, 3.8) is 0 Å². The molecule has 0 aliphatic rings. The number of nitrogens with zero attached hydrogens (tertiary/aromatic N) is 1. The largest absolute Gasteiger partial charge is 0.424 e. The summed E-state index contributed by atoms with van der Waals surface area (Å²) >= 11 is 10.2. The lowest BCUT2D eigenvalue weighted by atomic mass is 10.1. The van der Waals surface area contributed by atoms with Crippen LogP contribution in [0.15, 0.2) is 6.07 Å². The second-order valence-corrected chi connectivity index (χ2v) is 4.01. The molecule has 0 fully saturated rings. The van der Waals surface area contributed by atoms with E-state index in [1.807, 2.05) is 0 Å². The van der Waals surface area contributed by atoms with Gasteiger partial charge in [0.1, 0.15) is 0 Å². The zero-order valence-electron chi connectivity index (χ0n) is 8.36. The quantitative estimate of drug-likeness (QED) is 0.416. The average Bonchev–Trinajstić information content (AvgIpc) is 2.10. The number of nitro benzene ring substituents is 1. The van der Waals surface area contributed by atoms with Crippen LogP contribution in [-0.4, -0.2) is 4.92 Å². The van der Waals surface area contributed by atoms with Crippen molar-refractivity contribution in [1.82, 2.24) is 0 Å². The number of alkyl halides is 6. The van der Waals surface area contributed by atoms with Gasteiger partial charge in [-0.25, -0.2) is 0 Å². The van der Waals surface area contributed by atoms with Gasteiger partial charge >= 0.3 is 12.4 Å². The van der Waals surface area contributed by atoms with E-state index < -0.39 is 44.1 Å². The third-order valence-electron chi connectivity index (χ3n) is 1.95. The van der Waals surface area contributed by atoms with Crippen molar-refractivity contribution in [3.8, 4) is 0 Å². The molecule has 0 bridgehead atoms. The molecular weight excluding hydrogens is 327 g/mol. The highest BCUT2D eigenvalue weighted by atomic mass is 35.5. The highest BCUT2D eigenvalue weighted by molar-refractivity contribution is 6.36. The van der Waals surface area contributed by atoms with E-state index >= 15 is 0 Å². The maximum Gasteiger partial charge on any atom is 0.424 e. The Morgan fingerprint density at radius 3 is 1.47 bits per heavy atom. The minimum atomic E-state index is -5.43. The summed E-state index contributed by atoms with van der Waals surface area (Å²) in [6, 6.07) is 0.168. The van der Waals surface area contributed by atoms with Gasteiger partial charge in [0.25, 0.3) is 5.69 Å². The van der Waals surface area contributed by atoms with Crippen LogP contribution in [0.4, 0.5) is 32.0 Å². The Bertz CT molecular complexity index is 501. The monoisotopic (exact) mass is 327 g/mol. The SMILES string of the molecule is O=[N+]([O-])c1c(C(F)(F)F)c(Cl)cc(Cl)c1C(F)(F)F. The van der Waals surface area contributed by atoms with Crippen LogP contribution in [0, 0.1) is 10.1 Å². The van der Waals surface area contributed by atoms with Crippen LogP contribution in [0.3, 0.4) is 0 Å². The third kappa shape index (κ3) is 3.03. The van der Waals surface area contributed by atoms with E-state index in [0.29, 0.717) is 0 Å². The van der Waals surface area contributed by atoms with Crippen molar-refractivity contribution >= 4 is 28.9 Å². The fourth-order valence-electron chi connectivity index (χ4n) is 1.33. The first kappa shape index (κ1) is 15.8. The molecule has 1 rings (SSSR count). The fourth-order valence-corrected chi connectivity index (χ4v) is 2.00. The molecule has 0 atom stereocenters. The zero-order valence-corrected chi connectivity index (χ0v) is 9.88. The van der Waals surface area contributed by atoms with E-state index in [9.17, 15) is 36.5 Å². The van der Waals surface area contributed by atoms with E-state index in [2.05, 4.69) is 0 Å². The maximum absolute atomic E-state index is 12.6. The molecule has 0 N–H and O–H groups in total. The molecule has 106 valence electrons. The summed E-state index contributed by atoms with van der Waals surface area (Å²) in [7, 11) is 0. The zero-order chi connectivity index (χ0) is 15.2. The Morgan fingerprint density at radius 2 is 1.26 bits per heavy atom. The Hall–Kier alpha value is -1.22. The second-order valence-electron chi connectivity index (χ2n) is 3.19. The van der Waals surface area contributed by atoms with Crippen molar-refractivity contribution < 1.29 is 31.3 Å².